The molecule has 6 heteroatoms. The van der Waals surface area contributed by atoms with Crippen LogP contribution in [0.5, 0.6) is 0 Å². The third-order valence-electron chi connectivity index (χ3n) is 14.1. The summed E-state index contributed by atoms with van der Waals surface area (Å²) in [6.45, 7) is 13.5. The fourth-order valence-corrected chi connectivity index (χ4v) is 11.0. The standard InChI is InChI=1S/C56H41BN2O3/c1-55(2,3)30-15-18-32(19-16-30)59-45-25-41-35-20-17-31(56(4,5)6)23-49(35)62-51(41)27-38(45)36-21-22-37-39-28-50-40(33-11-7-9-13-47(33)60-50)24-44(39)58-46-26-42-34-12-8-10-14-48(34)61-52(42)29-43(46)57(59)53(36)54(37)58/h7-29H,1-6H3. The lowest BCUT2D eigenvalue weighted by Gasteiger charge is -2.42. The van der Waals surface area contributed by atoms with E-state index in [9.17, 15) is 0 Å². The Morgan fingerprint density at radius 1 is 0.419 bits per heavy atom. The molecule has 0 atom stereocenters. The van der Waals surface area contributed by atoms with Crippen LogP contribution in [0.15, 0.2) is 153 Å². The molecule has 4 aromatic heterocycles. The number of anilines is 2. The van der Waals surface area contributed by atoms with Crippen molar-refractivity contribution < 1.29 is 13.3 Å². The van der Waals surface area contributed by atoms with Crippen molar-refractivity contribution in [1.82, 2.24) is 4.57 Å². The summed E-state index contributed by atoms with van der Waals surface area (Å²) in [7, 11) is 0. The van der Waals surface area contributed by atoms with Gasteiger partial charge in [-0.25, -0.2) is 0 Å². The van der Waals surface area contributed by atoms with Crippen molar-refractivity contribution >= 4 is 117 Å². The van der Waals surface area contributed by atoms with Crippen LogP contribution in [0.1, 0.15) is 52.7 Å². The first-order valence-corrected chi connectivity index (χ1v) is 21.8. The van der Waals surface area contributed by atoms with Crippen LogP contribution in [-0.4, -0.2) is 11.4 Å². The molecule has 0 saturated carbocycles. The van der Waals surface area contributed by atoms with Crippen molar-refractivity contribution in [2.24, 2.45) is 0 Å². The summed E-state index contributed by atoms with van der Waals surface area (Å²) in [6.07, 6.45) is 0. The second kappa shape index (κ2) is 11.4. The van der Waals surface area contributed by atoms with Crippen LogP contribution in [0.2, 0.25) is 0 Å². The highest BCUT2D eigenvalue weighted by atomic mass is 16.3. The van der Waals surface area contributed by atoms with E-state index in [1.165, 1.54) is 43.9 Å². The Morgan fingerprint density at radius 3 is 1.69 bits per heavy atom. The summed E-state index contributed by atoms with van der Waals surface area (Å²) in [5.41, 5.74) is 18.7. The molecule has 62 heavy (non-hydrogen) atoms. The number of furan rings is 3. The molecule has 8 aromatic carbocycles. The van der Waals surface area contributed by atoms with Gasteiger partial charge in [-0.15, -0.1) is 0 Å². The van der Waals surface area contributed by atoms with Crippen LogP contribution in [0.25, 0.3) is 104 Å². The maximum atomic E-state index is 6.82. The third kappa shape index (κ3) is 4.44. The Kier molecular flexibility index (Phi) is 6.34. The second-order valence-corrected chi connectivity index (χ2v) is 19.7. The molecule has 0 spiro atoms. The van der Waals surface area contributed by atoms with Gasteiger partial charge in [0.15, 0.2) is 0 Å². The minimum atomic E-state index is -0.168. The normalized spacial score (nSPS) is 13.9. The van der Waals surface area contributed by atoms with Crippen LogP contribution in [-0.2, 0) is 10.8 Å². The Morgan fingerprint density at radius 2 is 0.984 bits per heavy atom. The van der Waals surface area contributed by atoms with Gasteiger partial charge in [0.05, 0.1) is 11.0 Å². The molecule has 0 unspecified atom stereocenters. The summed E-state index contributed by atoms with van der Waals surface area (Å²) in [5, 5.41) is 9.10. The summed E-state index contributed by atoms with van der Waals surface area (Å²) in [6, 6.07) is 51.6. The molecule has 0 aliphatic carbocycles. The minimum Gasteiger partial charge on any atom is -0.456 e. The number of benzene rings is 8. The van der Waals surface area contributed by atoms with Crippen LogP contribution < -0.4 is 15.7 Å². The van der Waals surface area contributed by atoms with E-state index in [0.717, 1.165) is 94.0 Å². The van der Waals surface area contributed by atoms with E-state index in [2.05, 4.69) is 184 Å². The van der Waals surface area contributed by atoms with E-state index in [-0.39, 0.29) is 17.7 Å². The zero-order valence-electron chi connectivity index (χ0n) is 35.5. The zero-order chi connectivity index (χ0) is 41.6. The van der Waals surface area contributed by atoms with E-state index in [1.54, 1.807) is 0 Å². The SMILES string of the molecule is CC(C)(C)c1ccc(N2B3c4cc5oc6ccccc6c5cc4-n4c5cc6c(cc5c5ccc(c3c54)-c3cc4oc5cc(C(C)(C)C)ccc5c4cc32)oc2ccccc26)cc1. The molecule has 2 aliphatic rings. The molecule has 0 saturated heterocycles. The number of hydrogen-bond acceptors (Lipinski definition) is 4. The maximum absolute atomic E-state index is 6.82. The van der Waals surface area contributed by atoms with Crippen molar-refractivity contribution in [3.05, 3.63) is 151 Å². The molecule has 296 valence electrons. The number of nitrogens with zero attached hydrogens (tertiary/aromatic N) is 2. The fraction of sp³-hybridized carbons (Fsp3) is 0.143. The van der Waals surface area contributed by atoms with E-state index >= 15 is 0 Å². The van der Waals surface area contributed by atoms with Crippen LogP contribution in [0, 0.1) is 0 Å². The van der Waals surface area contributed by atoms with Gasteiger partial charge in [0.2, 0.25) is 0 Å². The minimum absolute atomic E-state index is 0.00195. The number of hydrogen-bond donors (Lipinski definition) is 0. The summed E-state index contributed by atoms with van der Waals surface area (Å²) < 4.78 is 22.6. The van der Waals surface area contributed by atoms with E-state index in [1.807, 2.05) is 6.07 Å². The topological polar surface area (TPSA) is 47.6 Å². The predicted molar refractivity (Wildman–Crippen MR) is 259 cm³/mol. The zero-order valence-corrected chi connectivity index (χ0v) is 35.5. The molecule has 0 amide bonds. The van der Waals surface area contributed by atoms with Gasteiger partial charge >= 0.3 is 6.85 Å². The molecule has 6 heterocycles. The molecule has 0 N–H and O–H groups in total. The van der Waals surface area contributed by atoms with Gasteiger partial charge in [-0.3, -0.25) is 0 Å². The summed E-state index contributed by atoms with van der Waals surface area (Å²) in [4.78, 5) is 2.60. The van der Waals surface area contributed by atoms with Gasteiger partial charge < -0.3 is 22.6 Å². The highest BCUT2D eigenvalue weighted by Gasteiger charge is 2.45. The maximum Gasteiger partial charge on any atom is 0.333 e. The fourth-order valence-electron chi connectivity index (χ4n) is 11.0. The lowest BCUT2D eigenvalue weighted by Crippen LogP contribution is -2.60. The Bertz CT molecular complexity index is 3960. The first kappa shape index (κ1) is 34.5. The van der Waals surface area contributed by atoms with Crippen molar-refractivity contribution in [1.29, 1.82) is 0 Å². The van der Waals surface area contributed by atoms with E-state index < -0.39 is 0 Å². The highest BCUT2D eigenvalue weighted by molar-refractivity contribution is 6.94. The molecule has 0 radical (unpaired) electrons. The van der Waals surface area contributed by atoms with Gasteiger partial charge in [0.25, 0.3) is 0 Å². The van der Waals surface area contributed by atoms with Crippen molar-refractivity contribution in [3.63, 3.8) is 0 Å². The lowest BCUT2D eigenvalue weighted by molar-refractivity contribution is 0.587. The molecular weight excluding hydrogens is 759 g/mol. The Hall–Kier alpha value is -7.18. The van der Waals surface area contributed by atoms with Gasteiger partial charge in [-0.1, -0.05) is 114 Å². The largest absolute Gasteiger partial charge is 0.456 e. The third-order valence-corrected chi connectivity index (χ3v) is 14.1. The summed E-state index contributed by atoms with van der Waals surface area (Å²) >= 11 is 0. The Balaban J connectivity index is 1.15. The summed E-state index contributed by atoms with van der Waals surface area (Å²) in [5.74, 6) is 0. The molecule has 0 bridgehead atoms. The molecule has 2 aliphatic heterocycles. The monoisotopic (exact) mass is 800 g/mol. The average molecular weight is 801 g/mol. The molecular formula is C56H41BN2O3. The molecule has 12 aromatic rings. The van der Waals surface area contributed by atoms with Crippen LogP contribution in [0.4, 0.5) is 11.4 Å². The van der Waals surface area contributed by atoms with Gasteiger partial charge in [-0.2, -0.15) is 0 Å². The number of para-hydroxylation sites is 2. The highest BCUT2D eigenvalue weighted by Crippen LogP contribution is 2.49. The number of aromatic nitrogens is 1. The van der Waals surface area contributed by atoms with E-state index in [4.69, 9.17) is 13.3 Å². The van der Waals surface area contributed by atoms with E-state index in [0.29, 0.717) is 0 Å². The van der Waals surface area contributed by atoms with Crippen LogP contribution >= 0.6 is 0 Å². The molecule has 14 rings (SSSR count). The van der Waals surface area contributed by atoms with Gasteiger partial charge in [0, 0.05) is 65.7 Å². The van der Waals surface area contributed by atoms with Gasteiger partial charge in [0.1, 0.15) is 33.5 Å². The second-order valence-electron chi connectivity index (χ2n) is 19.7. The lowest BCUT2D eigenvalue weighted by atomic mass is 9.44. The predicted octanol–water partition coefficient (Wildman–Crippen LogP) is 14.3. The average Bonchev–Trinajstić information content (AvgIpc) is 4.01. The first-order valence-electron chi connectivity index (χ1n) is 21.8. The van der Waals surface area contributed by atoms with Crippen LogP contribution in [0.3, 0.4) is 0 Å². The Labute approximate surface area is 357 Å². The molecule has 5 nitrogen and oxygen atoms in total. The van der Waals surface area contributed by atoms with Crippen molar-refractivity contribution in [2.45, 2.75) is 52.4 Å². The van der Waals surface area contributed by atoms with Crippen molar-refractivity contribution in [3.8, 4) is 16.8 Å². The smallest absolute Gasteiger partial charge is 0.333 e. The number of rotatable bonds is 1. The quantitative estimate of drug-likeness (QED) is 0.155. The van der Waals surface area contributed by atoms with Crippen molar-refractivity contribution in [2.75, 3.05) is 4.81 Å². The number of fused-ring (bicyclic) bond motifs is 17. The van der Waals surface area contributed by atoms with Gasteiger partial charge in [-0.05, 0) is 105 Å². The first-order chi connectivity index (χ1) is 30.0. The molecule has 0 fully saturated rings.